The van der Waals surface area contributed by atoms with Crippen LogP contribution in [-0.4, -0.2) is 25.2 Å². The molecule has 0 aromatic heterocycles. The molecule has 24 heavy (non-hydrogen) atoms. The second kappa shape index (κ2) is 8.18. The van der Waals surface area contributed by atoms with Gasteiger partial charge in [0, 0.05) is 29.5 Å². The number of ether oxygens (including phenoxy) is 1. The molecule has 2 N–H and O–H groups in total. The number of rotatable bonds is 6. The van der Waals surface area contributed by atoms with E-state index in [9.17, 15) is 4.79 Å². The summed E-state index contributed by atoms with van der Waals surface area (Å²) in [6.45, 7) is 1.69. The molecule has 3 rings (SSSR count). The maximum absolute atomic E-state index is 12.1. The van der Waals surface area contributed by atoms with Crippen molar-refractivity contribution in [1.29, 1.82) is 0 Å². The summed E-state index contributed by atoms with van der Waals surface area (Å²) in [4.78, 5) is 12.1. The van der Waals surface area contributed by atoms with Gasteiger partial charge in [0.1, 0.15) is 0 Å². The highest BCUT2D eigenvalue weighted by Gasteiger charge is 2.14. The Morgan fingerprint density at radius 3 is 2.46 bits per heavy atom. The average molecular weight is 345 g/mol. The van der Waals surface area contributed by atoms with E-state index in [-0.39, 0.29) is 5.91 Å². The van der Waals surface area contributed by atoms with Gasteiger partial charge < -0.3 is 15.4 Å². The zero-order valence-corrected chi connectivity index (χ0v) is 14.2. The molecule has 5 heteroatoms. The molecule has 2 aromatic carbocycles. The zero-order chi connectivity index (χ0) is 16.8. The molecule has 0 spiro atoms. The number of amides is 1. The molecule has 0 radical (unpaired) electrons. The van der Waals surface area contributed by atoms with E-state index in [0.717, 1.165) is 42.9 Å². The van der Waals surface area contributed by atoms with Crippen LogP contribution < -0.4 is 10.6 Å². The molecule has 126 valence electrons. The Labute approximate surface area is 147 Å². The summed E-state index contributed by atoms with van der Waals surface area (Å²) in [5.41, 5.74) is 2.75. The summed E-state index contributed by atoms with van der Waals surface area (Å²) < 4.78 is 5.59. The number of benzene rings is 2. The van der Waals surface area contributed by atoms with Crippen LogP contribution in [0.3, 0.4) is 0 Å². The third-order valence-corrected chi connectivity index (χ3v) is 4.26. The molecule has 0 aliphatic carbocycles. The number of carbonyl (C=O) groups is 1. The lowest BCUT2D eigenvalue weighted by atomic mass is 10.1. The largest absolute Gasteiger partial charge is 0.382 e. The van der Waals surface area contributed by atoms with Crippen LogP contribution >= 0.6 is 11.6 Å². The fourth-order valence-electron chi connectivity index (χ4n) is 2.70. The maximum Gasteiger partial charge on any atom is 0.228 e. The minimum Gasteiger partial charge on any atom is -0.382 e. The highest BCUT2D eigenvalue weighted by atomic mass is 35.5. The Morgan fingerprint density at radius 1 is 1.08 bits per heavy atom. The normalized spacial score (nSPS) is 16.8. The van der Waals surface area contributed by atoms with Gasteiger partial charge in [-0.25, -0.2) is 0 Å². The van der Waals surface area contributed by atoms with E-state index in [1.54, 1.807) is 12.1 Å². The lowest BCUT2D eigenvalue weighted by molar-refractivity contribution is -0.115. The second-order valence-electron chi connectivity index (χ2n) is 5.94. The summed E-state index contributed by atoms with van der Waals surface area (Å²) in [7, 11) is 0. The molecule has 1 fully saturated rings. The van der Waals surface area contributed by atoms with Gasteiger partial charge in [-0.15, -0.1) is 0 Å². The van der Waals surface area contributed by atoms with Gasteiger partial charge in [-0.2, -0.15) is 0 Å². The van der Waals surface area contributed by atoms with Crippen molar-refractivity contribution in [2.75, 3.05) is 23.8 Å². The van der Waals surface area contributed by atoms with E-state index in [1.165, 1.54) is 0 Å². The van der Waals surface area contributed by atoms with E-state index >= 15 is 0 Å². The molecule has 2 aromatic rings. The molecule has 0 bridgehead atoms. The summed E-state index contributed by atoms with van der Waals surface area (Å²) >= 11 is 5.85. The van der Waals surface area contributed by atoms with Crippen LogP contribution in [-0.2, 0) is 16.0 Å². The number of hydrogen-bond donors (Lipinski definition) is 2. The number of nitrogens with one attached hydrogen (secondary N) is 2. The van der Waals surface area contributed by atoms with Gasteiger partial charge in [0.25, 0.3) is 0 Å². The molecule has 1 aliphatic heterocycles. The van der Waals surface area contributed by atoms with Crippen molar-refractivity contribution < 1.29 is 9.53 Å². The fraction of sp³-hybridized carbons (Fsp3) is 0.316. The second-order valence-corrected chi connectivity index (χ2v) is 6.38. The van der Waals surface area contributed by atoms with Gasteiger partial charge in [-0.05, 0) is 54.8 Å². The summed E-state index contributed by atoms with van der Waals surface area (Å²) in [5, 5.41) is 6.94. The first-order chi connectivity index (χ1) is 11.7. The predicted molar refractivity (Wildman–Crippen MR) is 97.7 cm³/mol. The maximum atomic E-state index is 12.1. The van der Waals surface area contributed by atoms with Gasteiger partial charge in [-0.3, -0.25) is 4.79 Å². The molecule has 1 saturated heterocycles. The minimum atomic E-state index is -0.0441. The number of hydrogen-bond acceptors (Lipinski definition) is 3. The van der Waals surface area contributed by atoms with Crippen LogP contribution in [0.4, 0.5) is 11.4 Å². The first-order valence-electron chi connectivity index (χ1n) is 8.19. The monoisotopic (exact) mass is 344 g/mol. The van der Waals surface area contributed by atoms with Gasteiger partial charge in [0.15, 0.2) is 0 Å². The molecular formula is C19H21ClN2O2. The Bertz CT molecular complexity index is 665. The third-order valence-electron chi connectivity index (χ3n) is 4.00. The quantitative estimate of drug-likeness (QED) is 0.829. The number of carbonyl (C=O) groups excluding carboxylic acids is 1. The molecule has 4 nitrogen and oxygen atoms in total. The topological polar surface area (TPSA) is 50.4 Å². The van der Waals surface area contributed by atoms with Crippen molar-refractivity contribution in [3.05, 3.63) is 59.1 Å². The van der Waals surface area contributed by atoms with Crippen LogP contribution in [0.1, 0.15) is 18.4 Å². The minimum absolute atomic E-state index is 0.0441. The molecule has 1 atom stereocenters. The lowest BCUT2D eigenvalue weighted by Crippen LogP contribution is -2.18. The number of halogens is 1. The summed E-state index contributed by atoms with van der Waals surface area (Å²) in [5.74, 6) is -0.0441. The van der Waals surface area contributed by atoms with Crippen LogP contribution in [0.5, 0.6) is 0 Å². The van der Waals surface area contributed by atoms with Crippen molar-refractivity contribution >= 4 is 28.9 Å². The van der Waals surface area contributed by atoms with Crippen LogP contribution in [0, 0.1) is 0 Å². The Balaban J connectivity index is 1.47. The van der Waals surface area contributed by atoms with Gasteiger partial charge >= 0.3 is 0 Å². The van der Waals surface area contributed by atoms with E-state index in [4.69, 9.17) is 16.3 Å². The van der Waals surface area contributed by atoms with Crippen molar-refractivity contribution in [3.63, 3.8) is 0 Å². The first kappa shape index (κ1) is 16.8. The summed E-state index contributed by atoms with van der Waals surface area (Å²) in [6.07, 6.45) is 2.90. The van der Waals surface area contributed by atoms with E-state index in [0.29, 0.717) is 17.5 Å². The van der Waals surface area contributed by atoms with Crippen molar-refractivity contribution in [2.45, 2.75) is 25.4 Å². The number of anilines is 2. The van der Waals surface area contributed by atoms with E-state index in [1.807, 2.05) is 36.4 Å². The zero-order valence-electron chi connectivity index (χ0n) is 13.4. The third kappa shape index (κ3) is 4.98. The SMILES string of the molecule is O=C(Cc1ccc(Cl)cc1)Nc1ccc(NCC2CCCO2)cc1. The molecule has 1 aliphatic rings. The van der Waals surface area contributed by atoms with Crippen molar-refractivity contribution in [2.24, 2.45) is 0 Å². The fourth-order valence-corrected chi connectivity index (χ4v) is 2.83. The van der Waals surface area contributed by atoms with Crippen molar-refractivity contribution in [1.82, 2.24) is 0 Å². The Morgan fingerprint density at radius 2 is 1.79 bits per heavy atom. The van der Waals surface area contributed by atoms with E-state index < -0.39 is 0 Å². The highest BCUT2D eigenvalue weighted by Crippen LogP contribution is 2.17. The smallest absolute Gasteiger partial charge is 0.228 e. The predicted octanol–water partition coefficient (Wildman–Crippen LogP) is 4.11. The van der Waals surface area contributed by atoms with E-state index in [2.05, 4.69) is 10.6 Å². The van der Waals surface area contributed by atoms with Crippen molar-refractivity contribution in [3.8, 4) is 0 Å². The molecule has 1 heterocycles. The van der Waals surface area contributed by atoms with Gasteiger partial charge in [0.2, 0.25) is 5.91 Å². The standard InChI is InChI=1S/C19H21ClN2O2/c20-15-5-3-14(4-6-15)12-19(23)22-17-9-7-16(8-10-17)21-13-18-2-1-11-24-18/h3-10,18,21H,1-2,11-13H2,(H,22,23). The molecule has 0 saturated carbocycles. The first-order valence-corrected chi connectivity index (χ1v) is 8.57. The van der Waals surface area contributed by atoms with Crippen LogP contribution in [0.15, 0.2) is 48.5 Å². The van der Waals surface area contributed by atoms with Crippen LogP contribution in [0.2, 0.25) is 5.02 Å². The van der Waals surface area contributed by atoms with Crippen LogP contribution in [0.25, 0.3) is 0 Å². The Hall–Kier alpha value is -2.04. The Kier molecular flexibility index (Phi) is 5.72. The van der Waals surface area contributed by atoms with Gasteiger partial charge in [-0.1, -0.05) is 23.7 Å². The average Bonchev–Trinajstić information content (AvgIpc) is 3.10. The molecular weight excluding hydrogens is 324 g/mol. The summed E-state index contributed by atoms with van der Waals surface area (Å²) in [6, 6.07) is 15.0. The lowest BCUT2D eigenvalue weighted by Gasteiger charge is -2.12. The highest BCUT2D eigenvalue weighted by molar-refractivity contribution is 6.30. The molecule has 1 amide bonds. The molecule has 1 unspecified atom stereocenters. The van der Waals surface area contributed by atoms with Gasteiger partial charge in [0.05, 0.1) is 12.5 Å².